The van der Waals surface area contributed by atoms with E-state index in [2.05, 4.69) is 46.3 Å². The van der Waals surface area contributed by atoms with Gasteiger partial charge in [-0.05, 0) is 81.6 Å². The Balaban J connectivity index is 1.19. The molecule has 2 saturated heterocycles. The summed E-state index contributed by atoms with van der Waals surface area (Å²) in [7, 11) is 0. The molecule has 1 saturated carbocycles. The summed E-state index contributed by atoms with van der Waals surface area (Å²) >= 11 is 0. The molecule has 1 amide bonds. The highest BCUT2D eigenvalue weighted by atomic mass is 16.5. The van der Waals surface area contributed by atoms with Crippen LogP contribution in [-0.2, 0) is 11.3 Å². The number of carbonyl (C=O) groups excluding carboxylic acids is 1. The Morgan fingerprint density at radius 2 is 1.97 bits per heavy atom. The van der Waals surface area contributed by atoms with Crippen molar-refractivity contribution >= 4 is 5.91 Å². The number of hydrogen-bond donors (Lipinski definition) is 1. The van der Waals surface area contributed by atoms with Crippen LogP contribution >= 0.6 is 0 Å². The molecule has 1 aromatic heterocycles. The van der Waals surface area contributed by atoms with Crippen molar-refractivity contribution in [2.75, 3.05) is 32.8 Å². The van der Waals surface area contributed by atoms with E-state index in [4.69, 9.17) is 4.74 Å². The van der Waals surface area contributed by atoms with Gasteiger partial charge in [0.05, 0.1) is 6.10 Å². The van der Waals surface area contributed by atoms with Gasteiger partial charge in [-0.25, -0.2) is 0 Å². The van der Waals surface area contributed by atoms with E-state index in [0.29, 0.717) is 24.1 Å². The molecule has 2 aliphatic heterocycles. The van der Waals surface area contributed by atoms with E-state index in [0.717, 1.165) is 64.2 Å². The van der Waals surface area contributed by atoms with Crippen molar-refractivity contribution < 1.29 is 9.53 Å². The first kappa shape index (κ1) is 21.7. The Labute approximate surface area is 191 Å². The number of likely N-dealkylation sites (tertiary alicyclic amines) is 1. The summed E-state index contributed by atoms with van der Waals surface area (Å²) in [5.41, 5.74) is 4.48. The van der Waals surface area contributed by atoms with Gasteiger partial charge in [0, 0.05) is 37.9 Å². The van der Waals surface area contributed by atoms with Crippen molar-refractivity contribution in [2.24, 2.45) is 5.92 Å². The molecule has 0 bridgehead atoms. The van der Waals surface area contributed by atoms with Crippen LogP contribution in [0.4, 0.5) is 0 Å². The highest BCUT2D eigenvalue weighted by Gasteiger charge is 2.31. The van der Waals surface area contributed by atoms with Crippen LogP contribution in [0.1, 0.15) is 71.8 Å². The predicted octanol–water partition coefficient (Wildman–Crippen LogP) is 4.13. The molecule has 172 valence electrons. The largest absolute Gasteiger partial charge is 0.376 e. The van der Waals surface area contributed by atoms with Crippen LogP contribution < -0.4 is 0 Å². The number of rotatable bonds is 8. The molecule has 32 heavy (non-hydrogen) atoms. The third-order valence-corrected chi connectivity index (χ3v) is 7.41. The summed E-state index contributed by atoms with van der Waals surface area (Å²) in [5.74, 6) is 1.18. The van der Waals surface area contributed by atoms with Gasteiger partial charge in [0.25, 0.3) is 5.91 Å². The molecule has 0 radical (unpaired) electrons. The molecule has 5 rings (SSSR count). The first-order chi connectivity index (χ1) is 15.7. The fourth-order valence-electron chi connectivity index (χ4n) is 5.15. The average Bonchev–Trinajstić information content (AvgIpc) is 3.31. The summed E-state index contributed by atoms with van der Waals surface area (Å²) in [6.45, 7) is 7.72. The smallest absolute Gasteiger partial charge is 0.274 e. The number of aromatic nitrogens is 2. The quantitative estimate of drug-likeness (QED) is 0.676. The molecule has 0 unspecified atom stereocenters. The maximum atomic E-state index is 13.4. The van der Waals surface area contributed by atoms with E-state index in [1.807, 2.05) is 11.0 Å². The molecular formula is C26H36N4O2. The van der Waals surface area contributed by atoms with Crippen molar-refractivity contribution in [3.63, 3.8) is 0 Å². The Morgan fingerprint density at radius 1 is 1.16 bits per heavy atom. The lowest BCUT2D eigenvalue weighted by Crippen LogP contribution is -2.43. The Hall–Kier alpha value is -2.18. The maximum absolute atomic E-state index is 13.4. The fourth-order valence-corrected chi connectivity index (χ4v) is 5.15. The minimum Gasteiger partial charge on any atom is -0.376 e. The van der Waals surface area contributed by atoms with Crippen molar-refractivity contribution in [1.82, 2.24) is 20.0 Å². The van der Waals surface area contributed by atoms with Gasteiger partial charge < -0.3 is 9.64 Å². The van der Waals surface area contributed by atoms with Crippen molar-refractivity contribution in [2.45, 2.75) is 64.0 Å². The van der Waals surface area contributed by atoms with E-state index in [9.17, 15) is 4.79 Å². The number of benzene rings is 1. The van der Waals surface area contributed by atoms with E-state index in [1.165, 1.54) is 24.0 Å². The van der Waals surface area contributed by atoms with Crippen LogP contribution in [0.2, 0.25) is 0 Å². The van der Waals surface area contributed by atoms with E-state index in [-0.39, 0.29) is 12.0 Å². The summed E-state index contributed by atoms with van der Waals surface area (Å²) in [5, 5.41) is 7.47. The van der Waals surface area contributed by atoms with Crippen molar-refractivity contribution in [3.05, 3.63) is 52.8 Å². The van der Waals surface area contributed by atoms with Crippen molar-refractivity contribution in [3.8, 4) is 0 Å². The van der Waals surface area contributed by atoms with Crippen LogP contribution in [0.3, 0.4) is 0 Å². The third-order valence-electron chi connectivity index (χ3n) is 7.41. The van der Waals surface area contributed by atoms with E-state index in [1.54, 1.807) is 0 Å². The molecular weight excluding hydrogens is 400 g/mol. The number of nitrogens with one attached hydrogen (secondary N) is 1. The van der Waals surface area contributed by atoms with Gasteiger partial charge in [0.15, 0.2) is 0 Å². The lowest BCUT2D eigenvalue weighted by atomic mass is 9.95. The summed E-state index contributed by atoms with van der Waals surface area (Å²) in [6.07, 6.45) is 6.99. The van der Waals surface area contributed by atoms with Crippen LogP contribution in [0, 0.1) is 12.8 Å². The van der Waals surface area contributed by atoms with Crippen molar-refractivity contribution in [1.29, 1.82) is 0 Å². The van der Waals surface area contributed by atoms with Gasteiger partial charge in [-0.1, -0.05) is 24.3 Å². The summed E-state index contributed by atoms with van der Waals surface area (Å²) < 4.78 is 5.88. The van der Waals surface area contributed by atoms with Gasteiger partial charge in [0.1, 0.15) is 5.69 Å². The van der Waals surface area contributed by atoms with Gasteiger partial charge >= 0.3 is 0 Å². The molecule has 1 aromatic carbocycles. The summed E-state index contributed by atoms with van der Waals surface area (Å²) in [6, 6.07) is 10.7. The zero-order valence-corrected chi connectivity index (χ0v) is 19.3. The molecule has 1 atom stereocenters. The fraction of sp³-hybridized carbons (Fsp3) is 0.615. The SMILES string of the molecule is Cc1ccccc1CN1CCC(CN(C[C@H]2CCCO2)C(=O)c2cc(C3CC3)[nH]n2)CC1. The number of nitrogens with zero attached hydrogens (tertiary/aromatic N) is 3. The number of aryl methyl sites for hydroxylation is 1. The topological polar surface area (TPSA) is 61.5 Å². The molecule has 3 aliphatic rings. The summed E-state index contributed by atoms with van der Waals surface area (Å²) in [4.78, 5) is 18.0. The highest BCUT2D eigenvalue weighted by molar-refractivity contribution is 5.92. The van der Waals surface area contributed by atoms with Crippen LogP contribution in [-0.4, -0.2) is 64.8 Å². The number of amides is 1. The molecule has 3 heterocycles. The predicted molar refractivity (Wildman–Crippen MR) is 125 cm³/mol. The lowest BCUT2D eigenvalue weighted by molar-refractivity contribution is 0.0440. The zero-order chi connectivity index (χ0) is 21.9. The average molecular weight is 437 g/mol. The monoisotopic (exact) mass is 436 g/mol. The van der Waals surface area contributed by atoms with Crippen LogP contribution in [0.15, 0.2) is 30.3 Å². The number of carbonyl (C=O) groups is 1. The Morgan fingerprint density at radius 3 is 2.69 bits per heavy atom. The maximum Gasteiger partial charge on any atom is 0.274 e. The number of H-pyrrole nitrogens is 1. The molecule has 6 nitrogen and oxygen atoms in total. The second kappa shape index (κ2) is 9.75. The van der Waals surface area contributed by atoms with Crippen LogP contribution in [0.5, 0.6) is 0 Å². The van der Waals surface area contributed by atoms with Crippen LogP contribution in [0.25, 0.3) is 0 Å². The second-order valence-corrected chi connectivity index (χ2v) is 9.97. The first-order valence-corrected chi connectivity index (χ1v) is 12.4. The van der Waals surface area contributed by atoms with E-state index < -0.39 is 0 Å². The molecule has 6 heteroatoms. The van der Waals surface area contributed by atoms with Gasteiger partial charge in [-0.15, -0.1) is 0 Å². The Bertz CT molecular complexity index is 908. The number of hydrogen-bond acceptors (Lipinski definition) is 4. The Kier molecular flexibility index (Phi) is 6.60. The number of ether oxygens (including phenoxy) is 1. The third kappa shape index (κ3) is 5.24. The molecule has 0 spiro atoms. The lowest BCUT2D eigenvalue weighted by Gasteiger charge is -2.35. The normalized spacial score (nSPS) is 22.3. The number of aromatic amines is 1. The minimum absolute atomic E-state index is 0.0611. The standard InChI is InChI=1S/C26H36N4O2/c1-19-5-2-3-6-22(19)17-29-12-10-20(11-13-29)16-30(18-23-7-4-14-32-23)26(31)25-15-24(27-28-25)21-8-9-21/h2-3,5-6,15,20-21,23H,4,7-14,16-18H2,1H3,(H,27,28)/t23-/m1/s1. The highest BCUT2D eigenvalue weighted by Crippen LogP contribution is 2.39. The second-order valence-electron chi connectivity index (χ2n) is 9.97. The first-order valence-electron chi connectivity index (χ1n) is 12.4. The minimum atomic E-state index is 0.0611. The van der Waals surface area contributed by atoms with Gasteiger partial charge in [-0.2, -0.15) is 5.10 Å². The zero-order valence-electron chi connectivity index (χ0n) is 19.3. The van der Waals surface area contributed by atoms with E-state index >= 15 is 0 Å². The molecule has 1 aliphatic carbocycles. The number of piperidine rings is 1. The van der Waals surface area contributed by atoms with Gasteiger partial charge in [0.2, 0.25) is 0 Å². The molecule has 3 fully saturated rings. The molecule has 2 aromatic rings. The molecule has 1 N–H and O–H groups in total. The van der Waals surface area contributed by atoms with Gasteiger partial charge in [-0.3, -0.25) is 14.8 Å².